The van der Waals surface area contributed by atoms with E-state index < -0.39 is 0 Å². The van der Waals surface area contributed by atoms with Gasteiger partial charge < -0.3 is 18.9 Å². The molecule has 4 nitrogen and oxygen atoms in total. The number of ether oxygens (including phenoxy) is 2. The highest BCUT2D eigenvalue weighted by Gasteiger charge is 2.35. The third-order valence-electron chi connectivity index (χ3n) is 12.7. The molecular formula is C57H40N2O2. The Morgan fingerprint density at radius 2 is 0.885 bits per heavy atom. The van der Waals surface area contributed by atoms with Crippen molar-refractivity contribution >= 4 is 38.9 Å². The predicted molar refractivity (Wildman–Crippen MR) is 250 cm³/mol. The van der Waals surface area contributed by atoms with E-state index in [1.165, 1.54) is 44.2 Å². The lowest BCUT2D eigenvalue weighted by Crippen LogP contribution is -2.16. The summed E-state index contributed by atoms with van der Waals surface area (Å²) in [5.74, 6) is 2.78. The fraction of sp³-hybridized carbons (Fsp3) is 0.0526. The van der Waals surface area contributed by atoms with Crippen LogP contribution >= 0.6 is 0 Å². The molecular weight excluding hydrogens is 745 g/mol. The fourth-order valence-corrected chi connectivity index (χ4v) is 9.60. The third-order valence-corrected chi connectivity index (χ3v) is 12.7. The Morgan fingerprint density at radius 1 is 0.377 bits per heavy atom. The molecule has 2 heterocycles. The molecule has 290 valence electrons. The number of hydrogen-bond acceptors (Lipinski definition) is 3. The first-order valence-corrected chi connectivity index (χ1v) is 20.9. The minimum absolute atomic E-state index is 0.109. The number of nitrogens with zero attached hydrogens (tertiary/aromatic N) is 2. The fourth-order valence-electron chi connectivity index (χ4n) is 9.60. The molecule has 2 aliphatic rings. The van der Waals surface area contributed by atoms with E-state index in [2.05, 4.69) is 217 Å². The van der Waals surface area contributed by atoms with Gasteiger partial charge in [0.1, 0.15) is 0 Å². The summed E-state index contributed by atoms with van der Waals surface area (Å²) in [5, 5.41) is 2.45. The van der Waals surface area contributed by atoms with Crippen molar-refractivity contribution in [3.63, 3.8) is 0 Å². The van der Waals surface area contributed by atoms with Crippen LogP contribution in [0.2, 0.25) is 0 Å². The Balaban J connectivity index is 0.870. The minimum atomic E-state index is -0.109. The van der Waals surface area contributed by atoms with Gasteiger partial charge in [-0.2, -0.15) is 0 Å². The molecule has 0 spiro atoms. The van der Waals surface area contributed by atoms with E-state index in [1.807, 2.05) is 12.1 Å². The summed E-state index contributed by atoms with van der Waals surface area (Å²) >= 11 is 0. The van der Waals surface area contributed by atoms with E-state index in [0.29, 0.717) is 23.0 Å². The van der Waals surface area contributed by atoms with Crippen molar-refractivity contribution in [3.8, 4) is 62.1 Å². The standard InChI is InChI=1S/C57H40N2O2/c1-57(2)49-17-9-6-14-45(49)46-31-29-43(35-50(46)57)58(41-25-20-38(21-26-41)37-12-4-3-5-13-37)42-27-22-39(23-28-42)40-24-32-53-55(34-40)60-54-33-30-44(36-56(54)61-53)59-51-18-10-7-15-47(51)48-16-8-11-19-52(48)59/h3-36H,1-2H3. The number of hydrogen-bond donors (Lipinski definition) is 0. The van der Waals surface area contributed by atoms with Crippen molar-refractivity contribution in [2.75, 3.05) is 4.90 Å². The third kappa shape index (κ3) is 5.67. The second kappa shape index (κ2) is 13.6. The number of aromatic nitrogens is 1. The minimum Gasteiger partial charge on any atom is -0.449 e. The van der Waals surface area contributed by atoms with Crippen molar-refractivity contribution in [2.45, 2.75) is 19.3 Å². The van der Waals surface area contributed by atoms with Gasteiger partial charge in [0.15, 0.2) is 23.0 Å². The summed E-state index contributed by atoms with van der Waals surface area (Å²) in [7, 11) is 0. The molecule has 0 radical (unpaired) electrons. The van der Waals surface area contributed by atoms with Crippen LogP contribution in [0.5, 0.6) is 23.0 Å². The van der Waals surface area contributed by atoms with Gasteiger partial charge in [-0.15, -0.1) is 0 Å². The summed E-state index contributed by atoms with van der Waals surface area (Å²) in [6.07, 6.45) is 0. The first-order valence-electron chi connectivity index (χ1n) is 20.9. The SMILES string of the molecule is CC1(C)c2ccccc2-c2ccc(N(c3ccc(-c4ccccc4)cc3)c3ccc(-c4ccc5c(c4)Oc4ccc(-n6c7ccccc7c7ccccc76)cc4O5)cc3)cc21. The molecule has 1 aromatic heterocycles. The molecule has 10 aromatic rings. The molecule has 9 aromatic carbocycles. The van der Waals surface area contributed by atoms with Gasteiger partial charge in [0.2, 0.25) is 0 Å². The zero-order valence-corrected chi connectivity index (χ0v) is 33.8. The Hall–Kier alpha value is -7.82. The quantitative estimate of drug-likeness (QED) is 0.168. The molecule has 1 aliphatic heterocycles. The van der Waals surface area contributed by atoms with Crippen molar-refractivity contribution in [3.05, 3.63) is 217 Å². The van der Waals surface area contributed by atoms with E-state index in [4.69, 9.17) is 9.47 Å². The van der Waals surface area contributed by atoms with Gasteiger partial charge in [-0.05, 0) is 117 Å². The second-order valence-electron chi connectivity index (χ2n) is 16.6. The Bertz CT molecular complexity index is 3270. The molecule has 61 heavy (non-hydrogen) atoms. The summed E-state index contributed by atoms with van der Waals surface area (Å²) in [5.41, 5.74) is 16.4. The Kier molecular flexibility index (Phi) is 7.85. The van der Waals surface area contributed by atoms with Gasteiger partial charge in [-0.25, -0.2) is 0 Å². The molecule has 0 unspecified atom stereocenters. The van der Waals surface area contributed by atoms with Crippen LogP contribution in [0.4, 0.5) is 17.1 Å². The number of benzene rings is 9. The number of para-hydroxylation sites is 2. The first-order chi connectivity index (χ1) is 30.0. The smallest absolute Gasteiger partial charge is 0.172 e. The maximum Gasteiger partial charge on any atom is 0.172 e. The molecule has 0 bridgehead atoms. The average molecular weight is 785 g/mol. The second-order valence-corrected chi connectivity index (χ2v) is 16.6. The van der Waals surface area contributed by atoms with Gasteiger partial charge in [0.05, 0.1) is 16.7 Å². The van der Waals surface area contributed by atoms with Crippen LogP contribution in [0.25, 0.3) is 60.9 Å². The average Bonchev–Trinajstić information content (AvgIpc) is 3.77. The van der Waals surface area contributed by atoms with Gasteiger partial charge in [0, 0.05) is 39.3 Å². The normalized spacial score (nSPS) is 13.1. The topological polar surface area (TPSA) is 26.6 Å². The highest BCUT2D eigenvalue weighted by atomic mass is 16.6. The Labute approximate surface area is 355 Å². The molecule has 12 rings (SSSR count). The summed E-state index contributed by atoms with van der Waals surface area (Å²) < 4.78 is 15.4. The molecule has 0 fully saturated rings. The van der Waals surface area contributed by atoms with Crippen LogP contribution in [0.15, 0.2) is 206 Å². The van der Waals surface area contributed by atoms with Gasteiger partial charge >= 0.3 is 0 Å². The van der Waals surface area contributed by atoms with Crippen LogP contribution < -0.4 is 14.4 Å². The zero-order chi connectivity index (χ0) is 40.7. The van der Waals surface area contributed by atoms with Gasteiger partial charge in [0.25, 0.3) is 0 Å². The van der Waals surface area contributed by atoms with E-state index in [9.17, 15) is 0 Å². The van der Waals surface area contributed by atoms with Gasteiger partial charge in [-0.1, -0.05) is 141 Å². The number of rotatable bonds is 6. The van der Waals surface area contributed by atoms with Crippen molar-refractivity contribution in [1.82, 2.24) is 4.57 Å². The number of fused-ring (bicyclic) bond motifs is 8. The lowest BCUT2D eigenvalue weighted by atomic mass is 9.82. The van der Waals surface area contributed by atoms with Gasteiger partial charge in [-0.3, -0.25) is 0 Å². The lowest BCUT2D eigenvalue weighted by Gasteiger charge is -2.28. The molecule has 0 saturated carbocycles. The van der Waals surface area contributed by atoms with Crippen LogP contribution in [0, 0.1) is 0 Å². The van der Waals surface area contributed by atoms with Crippen molar-refractivity contribution in [2.24, 2.45) is 0 Å². The first kappa shape index (κ1) is 35.2. The van der Waals surface area contributed by atoms with Crippen LogP contribution in [-0.2, 0) is 5.41 Å². The largest absolute Gasteiger partial charge is 0.449 e. The van der Waals surface area contributed by atoms with Crippen molar-refractivity contribution in [1.29, 1.82) is 0 Å². The molecule has 1 aliphatic carbocycles. The zero-order valence-electron chi connectivity index (χ0n) is 33.8. The van der Waals surface area contributed by atoms with Crippen LogP contribution in [-0.4, -0.2) is 4.57 Å². The van der Waals surface area contributed by atoms with Crippen LogP contribution in [0.1, 0.15) is 25.0 Å². The molecule has 0 saturated heterocycles. The summed E-state index contributed by atoms with van der Waals surface area (Å²) in [6.45, 7) is 4.68. The summed E-state index contributed by atoms with van der Waals surface area (Å²) in [6, 6.07) is 73.5. The molecule has 0 amide bonds. The Morgan fingerprint density at radius 3 is 1.57 bits per heavy atom. The van der Waals surface area contributed by atoms with E-state index >= 15 is 0 Å². The highest BCUT2D eigenvalue weighted by Crippen LogP contribution is 2.51. The van der Waals surface area contributed by atoms with E-state index in [-0.39, 0.29) is 5.41 Å². The lowest BCUT2D eigenvalue weighted by molar-refractivity contribution is 0.359. The maximum atomic E-state index is 6.54. The van der Waals surface area contributed by atoms with E-state index in [1.54, 1.807) is 0 Å². The molecule has 0 N–H and O–H groups in total. The monoisotopic (exact) mass is 784 g/mol. The maximum absolute atomic E-state index is 6.54. The van der Waals surface area contributed by atoms with Crippen LogP contribution in [0.3, 0.4) is 0 Å². The van der Waals surface area contributed by atoms with Crippen molar-refractivity contribution < 1.29 is 9.47 Å². The van der Waals surface area contributed by atoms with E-state index in [0.717, 1.165) is 44.9 Å². The highest BCUT2D eigenvalue weighted by molar-refractivity contribution is 6.09. The number of anilines is 3. The summed E-state index contributed by atoms with van der Waals surface area (Å²) in [4.78, 5) is 2.37. The molecule has 0 atom stereocenters. The molecule has 4 heteroatoms. The predicted octanol–water partition coefficient (Wildman–Crippen LogP) is 15.8.